The Labute approximate surface area is 134 Å². The second-order valence-electron chi connectivity index (χ2n) is 6.08. The number of ether oxygens (including phenoxy) is 2. The molecular formula is C14H24N4O3S. The van der Waals surface area contributed by atoms with Crippen LogP contribution in [0.25, 0.3) is 0 Å². The van der Waals surface area contributed by atoms with Gasteiger partial charge < -0.3 is 25.4 Å². The molecule has 0 aliphatic carbocycles. The van der Waals surface area contributed by atoms with Crippen LogP contribution in [0.4, 0.5) is 9.93 Å². The lowest BCUT2D eigenvalue weighted by molar-refractivity contribution is 0.0506. The highest BCUT2D eigenvalue weighted by Gasteiger charge is 2.22. The first-order valence-corrected chi connectivity index (χ1v) is 8.18. The van der Waals surface area contributed by atoms with Crippen molar-refractivity contribution in [3.63, 3.8) is 0 Å². The predicted molar refractivity (Wildman–Crippen MR) is 86.3 cm³/mol. The Balaban J connectivity index is 1.98. The molecule has 124 valence electrons. The molecule has 1 aliphatic heterocycles. The van der Waals surface area contributed by atoms with Crippen LogP contribution in [0.3, 0.4) is 0 Å². The topological polar surface area (TPSA) is 89.7 Å². The average molecular weight is 328 g/mol. The Morgan fingerprint density at radius 2 is 2.23 bits per heavy atom. The maximum atomic E-state index is 11.9. The minimum absolute atomic E-state index is 0.290. The lowest BCUT2D eigenvalue weighted by atomic mass is 10.2. The fourth-order valence-electron chi connectivity index (χ4n) is 2.03. The van der Waals surface area contributed by atoms with Crippen molar-refractivity contribution >= 4 is 22.6 Å². The van der Waals surface area contributed by atoms with E-state index in [9.17, 15) is 4.79 Å². The van der Waals surface area contributed by atoms with E-state index in [1.54, 1.807) is 17.5 Å². The van der Waals surface area contributed by atoms with Gasteiger partial charge >= 0.3 is 6.09 Å². The van der Waals surface area contributed by atoms with E-state index in [-0.39, 0.29) is 6.04 Å². The Morgan fingerprint density at radius 3 is 2.82 bits per heavy atom. The van der Waals surface area contributed by atoms with E-state index >= 15 is 0 Å². The SMILES string of the molecule is CC(C)(C)OC(=O)NC(CN)c1cnc(N2CCOCC2)s1. The Morgan fingerprint density at radius 1 is 1.55 bits per heavy atom. The maximum Gasteiger partial charge on any atom is 0.408 e. The predicted octanol–water partition coefficient (Wildman–Crippen LogP) is 1.50. The molecule has 2 rings (SSSR count). The number of nitrogens with one attached hydrogen (secondary N) is 1. The number of amides is 1. The number of thiazole rings is 1. The number of rotatable bonds is 4. The largest absolute Gasteiger partial charge is 0.444 e. The summed E-state index contributed by atoms with van der Waals surface area (Å²) >= 11 is 1.54. The summed E-state index contributed by atoms with van der Waals surface area (Å²) in [6, 6.07) is -0.290. The number of carbonyl (C=O) groups excluding carboxylic acids is 1. The lowest BCUT2D eigenvalue weighted by Gasteiger charge is -2.26. The van der Waals surface area contributed by atoms with Crippen molar-refractivity contribution < 1.29 is 14.3 Å². The van der Waals surface area contributed by atoms with Crippen LogP contribution in [0.1, 0.15) is 31.7 Å². The number of hydrogen-bond donors (Lipinski definition) is 2. The van der Waals surface area contributed by atoms with Crippen LogP contribution in [0.15, 0.2) is 6.20 Å². The van der Waals surface area contributed by atoms with Crippen molar-refractivity contribution in [3.05, 3.63) is 11.1 Å². The molecule has 22 heavy (non-hydrogen) atoms. The molecule has 1 amide bonds. The van der Waals surface area contributed by atoms with Crippen LogP contribution >= 0.6 is 11.3 Å². The van der Waals surface area contributed by atoms with Gasteiger partial charge in [-0.05, 0) is 20.8 Å². The van der Waals surface area contributed by atoms with Crippen LogP contribution in [-0.2, 0) is 9.47 Å². The van der Waals surface area contributed by atoms with Gasteiger partial charge in [0.15, 0.2) is 5.13 Å². The molecule has 1 unspecified atom stereocenters. The van der Waals surface area contributed by atoms with Gasteiger partial charge in [-0.25, -0.2) is 9.78 Å². The zero-order valence-corrected chi connectivity index (χ0v) is 14.1. The van der Waals surface area contributed by atoms with Gasteiger partial charge in [-0.1, -0.05) is 11.3 Å². The average Bonchev–Trinajstić information content (AvgIpc) is 2.93. The lowest BCUT2D eigenvalue weighted by Crippen LogP contribution is -2.37. The zero-order valence-electron chi connectivity index (χ0n) is 13.3. The standard InChI is InChI=1S/C14H24N4O3S/c1-14(2,3)21-13(19)17-10(8-15)11-9-16-12(22-11)18-4-6-20-7-5-18/h9-10H,4-8,15H2,1-3H3,(H,17,19). The van der Waals surface area contributed by atoms with Crippen LogP contribution in [0.5, 0.6) is 0 Å². The first-order valence-electron chi connectivity index (χ1n) is 7.37. The van der Waals surface area contributed by atoms with Crippen LogP contribution < -0.4 is 16.0 Å². The van der Waals surface area contributed by atoms with Gasteiger partial charge in [0.25, 0.3) is 0 Å². The molecule has 1 atom stereocenters. The highest BCUT2D eigenvalue weighted by Crippen LogP contribution is 2.27. The molecule has 8 heteroatoms. The second-order valence-corrected chi connectivity index (χ2v) is 7.12. The monoisotopic (exact) mass is 328 g/mol. The molecule has 1 fully saturated rings. The fraction of sp³-hybridized carbons (Fsp3) is 0.714. The van der Waals surface area contributed by atoms with E-state index in [4.69, 9.17) is 15.2 Å². The van der Waals surface area contributed by atoms with Gasteiger partial charge in [0.1, 0.15) is 5.60 Å². The third-order valence-corrected chi connectivity index (χ3v) is 4.23. The van der Waals surface area contributed by atoms with Gasteiger partial charge in [0.2, 0.25) is 0 Å². The second kappa shape index (κ2) is 7.26. The summed E-state index contributed by atoms with van der Waals surface area (Å²) in [5, 5.41) is 3.73. The van der Waals surface area contributed by atoms with Crippen molar-refractivity contribution in [2.75, 3.05) is 37.7 Å². The number of morpholine rings is 1. The summed E-state index contributed by atoms with van der Waals surface area (Å²) in [5.74, 6) is 0. The van der Waals surface area contributed by atoms with Crippen LogP contribution in [-0.4, -0.2) is 49.5 Å². The summed E-state index contributed by atoms with van der Waals surface area (Å²) < 4.78 is 10.6. The number of anilines is 1. The van der Waals surface area contributed by atoms with E-state index < -0.39 is 11.7 Å². The van der Waals surface area contributed by atoms with E-state index in [0.29, 0.717) is 19.8 Å². The molecule has 1 saturated heterocycles. The Kier molecular flexibility index (Phi) is 5.60. The molecule has 1 aromatic rings. The summed E-state index contributed by atoms with van der Waals surface area (Å²) in [6.45, 7) is 8.87. The van der Waals surface area contributed by atoms with E-state index in [1.165, 1.54) is 0 Å². The molecule has 2 heterocycles. The minimum Gasteiger partial charge on any atom is -0.444 e. The molecule has 0 bridgehead atoms. The third kappa shape index (κ3) is 4.82. The molecule has 0 saturated carbocycles. The van der Waals surface area contributed by atoms with E-state index in [2.05, 4.69) is 15.2 Å². The van der Waals surface area contributed by atoms with Crippen LogP contribution in [0, 0.1) is 0 Å². The summed E-state index contributed by atoms with van der Waals surface area (Å²) in [6.07, 6.45) is 1.30. The molecule has 1 aromatic heterocycles. The van der Waals surface area contributed by atoms with Crippen molar-refractivity contribution in [2.45, 2.75) is 32.4 Å². The highest BCUT2D eigenvalue weighted by atomic mass is 32.1. The maximum absolute atomic E-state index is 11.9. The number of nitrogens with zero attached hydrogens (tertiary/aromatic N) is 2. The number of carbonyl (C=O) groups is 1. The number of nitrogens with two attached hydrogens (primary N) is 1. The van der Waals surface area contributed by atoms with E-state index in [0.717, 1.165) is 23.1 Å². The van der Waals surface area contributed by atoms with Crippen molar-refractivity contribution in [1.82, 2.24) is 10.3 Å². The van der Waals surface area contributed by atoms with Gasteiger partial charge in [0.05, 0.1) is 24.1 Å². The van der Waals surface area contributed by atoms with Crippen molar-refractivity contribution in [3.8, 4) is 0 Å². The molecule has 0 radical (unpaired) electrons. The molecule has 7 nitrogen and oxygen atoms in total. The molecule has 0 spiro atoms. The van der Waals surface area contributed by atoms with Crippen molar-refractivity contribution in [1.29, 1.82) is 0 Å². The van der Waals surface area contributed by atoms with Gasteiger partial charge in [-0.15, -0.1) is 0 Å². The molecule has 0 aromatic carbocycles. The smallest absolute Gasteiger partial charge is 0.408 e. The molecule has 3 N–H and O–H groups in total. The summed E-state index contributed by atoms with van der Waals surface area (Å²) in [7, 11) is 0. The minimum atomic E-state index is -0.532. The Bertz CT molecular complexity index is 495. The molecular weight excluding hydrogens is 304 g/mol. The van der Waals surface area contributed by atoms with Gasteiger partial charge in [0, 0.05) is 25.8 Å². The number of alkyl carbamates (subject to hydrolysis) is 1. The van der Waals surface area contributed by atoms with E-state index in [1.807, 2.05) is 20.8 Å². The van der Waals surface area contributed by atoms with Gasteiger partial charge in [-0.2, -0.15) is 0 Å². The highest BCUT2D eigenvalue weighted by molar-refractivity contribution is 7.15. The fourth-order valence-corrected chi connectivity index (χ4v) is 3.07. The normalized spacial score (nSPS) is 17.2. The third-order valence-electron chi connectivity index (χ3n) is 3.06. The van der Waals surface area contributed by atoms with Crippen LogP contribution in [0.2, 0.25) is 0 Å². The first-order chi connectivity index (χ1) is 10.4. The quantitative estimate of drug-likeness (QED) is 0.871. The number of hydrogen-bond acceptors (Lipinski definition) is 7. The summed E-state index contributed by atoms with van der Waals surface area (Å²) in [5.41, 5.74) is 5.25. The number of aromatic nitrogens is 1. The zero-order chi connectivity index (χ0) is 16.2. The van der Waals surface area contributed by atoms with Crippen molar-refractivity contribution in [2.24, 2.45) is 5.73 Å². The molecule has 1 aliphatic rings. The Hall–Kier alpha value is -1.38. The summed E-state index contributed by atoms with van der Waals surface area (Å²) in [4.78, 5) is 19.4. The first kappa shape index (κ1) is 17.0. The van der Waals surface area contributed by atoms with Gasteiger partial charge in [-0.3, -0.25) is 0 Å².